The van der Waals surface area contributed by atoms with E-state index in [-0.39, 0.29) is 17.9 Å². The second kappa shape index (κ2) is 7.84. The van der Waals surface area contributed by atoms with Gasteiger partial charge in [-0.1, -0.05) is 0 Å². The molecule has 0 spiro atoms. The number of fused-ring (bicyclic) bond motifs is 1. The number of esters is 1. The molecule has 1 aromatic heterocycles. The molecule has 142 valence electrons. The number of hydrogen-bond acceptors (Lipinski definition) is 7. The number of nitrogens with zero attached hydrogens (tertiary/aromatic N) is 1. The Morgan fingerprint density at radius 3 is 2.64 bits per heavy atom. The van der Waals surface area contributed by atoms with Crippen molar-refractivity contribution in [1.82, 2.24) is 0 Å². The van der Waals surface area contributed by atoms with E-state index in [2.05, 4.69) is 0 Å². The van der Waals surface area contributed by atoms with E-state index in [1.807, 2.05) is 6.07 Å². The van der Waals surface area contributed by atoms with Crippen molar-refractivity contribution in [2.45, 2.75) is 26.6 Å². The Morgan fingerprint density at radius 1 is 1.25 bits per heavy atom. The molecule has 7 nitrogen and oxygen atoms in total. The summed E-state index contributed by atoms with van der Waals surface area (Å²) in [6, 6.07) is 12.7. The van der Waals surface area contributed by atoms with Crippen LogP contribution in [0.3, 0.4) is 0 Å². The summed E-state index contributed by atoms with van der Waals surface area (Å²) in [4.78, 5) is 24.0. The van der Waals surface area contributed by atoms with Gasteiger partial charge < -0.3 is 19.0 Å². The second-order valence-electron chi connectivity index (χ2n) is 6.18. The van der Waals surface area contributed by atoms with Crippen molar-refractivity contribution in [3.63, 3.8) is 0 Å². The highest BCUT2D eigenvalue weighted by Crippen LogP contribution is 2.27. The molecule has 0 bridgehead atoms. The van der Waals surface area contributed by atoms with Crippen molar-refractivity contribution < 1.29 is 23.8 Å². The molecule has 0 unspecified atom stereocenters. The first-order chi connectivity index (χ1) is 13.4. The summed E-state index contributed by atoms with van der Waals surface area (Å²) in [5, 5.41) is 19.2. The maximum atomic E-state index is 12.2. The van der Waals surface area contributed by atoms with Crippen molar-refractivity contribution in [2.24, 2.45) is 0 Å². The molecule has 0 aliphatic carbocycles. The molecule has 3 rings (SSSR count). The summed E-state index contributed by atoms with van der Waals surface area (Å²) in [6.07, 6.45) is -0.884. The highest BCUT2D eigenvalue weighted by molar-refractivity contribution is 5.85. The molecule has 0 amide bonds. The van der Waals surface area contributed by atoms with E-state index < -0.39 is 17.7 Å². The van der Waals surface area contributed by atoms with Crippen LogP contribution in [-0.2, 0) is 16.1 Å². The number of phenols is 1. The number of phenolic OH excluding ortho intramolecular Hbond substituents is 1. The molecule has 0 aliphatic rings. The lowest BCUT2D eigenvalue weighted by molar-refractivity contribution is -0.152. The Bertz CT molecular complexity index is 1120. The second-order valence-corrected chi connectivity index (χ2v) is 6.18. The monoisotopic (exact) mass is 379 g/mol. The number of benzene rings is 2. The van der Waals surface area contributed by atoms with E-state index in [1.165, 1.54) is 12.1 Å². The third kappa shape index (κ3) is 3.96. The lowest BCUT2D eigenvalue weighted by atomic mass is 10.1. The molecule has 1 heterocycles. The van der Waals surface area contributed by atoms with Crippen LogP contribution in [0.15, 0.2) is 51.7 Å². The molecular formula is C21H17NO6. The topological polar surface area (TPSA) is 110 Å². The molecule has 3 aromatic rings. The van der Waals surface area contributed by atoms with Gasteiger partial charge >= 0.3 is 11.6 Å². The Balaban J connectivity index is 1.72. The van der Waals surface area contributed by atoms with Gasteiger partial charge in [0, 0.05) is 22.6 Å². The number of aromatic hydroxyl groups is 1. The average Bonchev–Trinajstić information content (AvgIpc) is 2.69. The van der Waals surface area contributed by atoms with Gasteiger partial charge in [0.2, 0.25) is 0 Å². The summed E-state index contributed by atoms with van der Waals surface area (Å²) >= 11 is 0. The summed E-state index contributed by atoms with van der Waals surface area (Å²) in [7, 11) is 0. The van der Waals surface area contributed by atoms with Crippen LogP contribution in [0, 0.1) is 18.3 Å². The molecule has 0 fully saturated rings. The highest BCUT2D eigenvalue weighted by Gasteiger charge is 2.18. The molecule has 0 aliphatic heterocycles. The Morgan fingerprint density at radius 2 is 1.96 bits per heavy atom. The zero-order valence-electron chi connectivity index (χ0n) is 15.3. The average molecular weight is 379 g/mol. The lowest BCUT2D eigenvalue weighted by Gasteiger charge is -2.14. The Kier molecular flexibility index (Phi) is 5.32. The van der Waals surface area contributed by atoms with Gasteiger partial charge in [0.25, 0.3) is 0 Å². The van der Waals surface area contributed by atoms with Gasteiger partial charge in [0.05, 0.1) is 11.6 Å². The molecule has 0 radical (unpaired) electrons. The number of carbonyl (C=O) groups is 1. The molecule has 28 heavy (non-hydrogen) atoms. The minimum atomic E-state index is -0.884. The van der Waals surface area contributed by atoms with E-state index in [0.717, 1.165) is 0 Å². The van der Waals surface area contributed by atoms with Crippen molar-refractivity contribution >= 4 is 16.9 Å². The van der Waals surface area contributed by atoms with Crippen LogP contribution < -0.4 is 10.4 Å². The molecular weight excluding hydrogens is 362 g/mol. The fourth-order valence-electron chi connectivity index (χ4n) is 2.66. The molecule has 1 atom stereocenters. The summed E-state index contributed by atoms with van der Waals surface area (Å²) < 4.78 is 16.0. The number of aryl methyl sites for hydroxylation is 1. The Labute approximate surface area is 160 Å². The van der Waals surface area contributed by atoms with Crippen molar-refractivity contribution in [3.05, 3.63) is 69.6 Å². The fraction of sp³-hybridized carbons (Fsp3) is 0.190. The lowest BCUT2D eigenvalue weighted by Crippen LogP contribution is -2.26. The number of rotatable bonds is 5. The molecule has 7 heteroatoms. The smallest absolute Gasteiger partial charge is 0.347 e. The number of carbonyl (C=O) groups excluding carboxylic acids is 1. The van der Waals surface area contributed by atoms with Crippen LogP contribution in [0.4, 0.5) is 0 Å². The zero-order valence-corrected chi connectivity index (χ0v) is 15.3. The third-order valence-corrected chi connectivity index (χ3v) is 4.22. The van der Waals surface area contributed by atoms with E-state index in [4.69, 9.17) is 19.2 Å². The molecule has 0 saturated heterocycles. The van der Waals surface area contributed by atoms with E-state index in [1.54, 1.807) is 44.2 Å². The van der Waals surface area contributed by atoms with Gasteiger partial charge in [0.15, 0.2) is 6.10 Å². The minimum Gasteiger partial charge on any atom is -0.508 e. The standard InChI is InChI=1S/C21H17NO6/c1-12-18(23)8-7-17-15(9-19(24)28-20(12)17)11-26-21(25)13(2)27-16-5-3-14(10-22)4-6-16/h3-9,13,23H,11H2,1-2H3/t13-/m0/s1. The largest absolute Gasteiger partial charge is 0.508 e. The van der Waals surface area contributed by atoms with Crippen LogP contribution in [0.2, 0.25) is 0 Å². The summed E-state index contributed by atoms with van der Waals surface area (Å²) in [6.45, 7) is 3.02. The van der Waals surface area contributed by atoms with E-state index >= 15 is 0 Å². The first-order valence-corrected chi connectivity index (χ1v) is 8.48. The zero-order chi connectivity index (χ0) is 20.3. The first-order valence-electron chi connectivity index (χ1n) is 8.48. The van der Waals surface area contributed by atoms with Gasteiger partial charge in [-0.2, -0.15) is 5.26 Å². The van der Waals surface area contributed by atoms with Crippen LogP contribution in [0.1, 0.15) is 23.6 Å². The molecule has 0 saturated carbocycles. The van der Waals surface area contributed by atoms with Crippen LogP contribution in [0.5, 0.6) is 11.5 Å². The quantitative estimate of drug-likeness (QED) is 0.535. The van der Waals surface area contributed by atoms with Gasteiger partial charge in [-0.3, -0.25) is 0 Å². The SMILES string of the molecule is Cc1c(O)ccc2c(COC(=O)[C@H](C)Oc3ccc(C#N)cc3)cc(=O)oc12. The van der Waals surface area contributed by atoms with E-state index in [9.17, 15) is 14.7 Å². The van der Waals surface area contributed by atoms with E-state index in [0.29, 0.717) is 27.8 Å². The first kappa shape index (κ1) is 19.0. The van der Waals surface area contributed by atoms with Gasteiger partial charge in [-0.05, 0) is 50.2 Å². The summed E-state index contributed by atoms with van der Waals surface area (Å²) in [5.41, 5.74) is 1.03. The van der Waals surface area contributed by atoms with Gasteiger partial charge in [-0.15, -0.1) is 0 Å². The van der Waals surface area contributed by atoms with Crippen LogP contribution >= 0.6 is 0 Å². The van der Waals surface area contributed by atoms with Crippen molar-refractivity contribution in [2.75, 3.05) is 0 Å². The Hall–Kier alpha value is -3.79. The van der Waals surface area contributed by atoms with Crippen LogP contribution in [-0.4, -0.2) is 17.2 Å². The predicted molar refractivity (Wildman–Crippen MR) is 99.9 cm³/mol. The maximum absolute atomic E-state index is 12.2. The van der Waals surface area contributed by atoms with Crippen molar-refractivity contribution in [1.29, 1.82) is 5.26 Å². The van der Waals surface area contributed by atoms with Gasteiger partial charge in [0.1, 0.15) is 23.7 Å². The number of hydrogen-bond donors (Lipinski definition) is 1. The fourth-order valence-corrected chi connectivity index (χ4v) is 2.66. The highest BCUT2D eigenvalue weighted by atomic mass is 16.6. The van der Waals surface area contributed by atoms with Crippen molar-refractivity contribution in [3.8, 4) is 17.6 Å². The summed E-state index contributed by atoms with van der Waals surface area (Å²) in [5.74, 6) is -0.171. The third-order valence-electron chi connectivity index (χ3n) is 4.22. The maximum Gasteiger partial charge on any atom is 0.347 e. The molecule has 1 N–H and O–H groups in total. The van der Waals surface area contributed by atoms with Crippen LogP contribution in [0.25, 0.3) is 11.0 Å². The normalized spacial score (nSPS) is 11.6. The van der Waals surface area contributed by atoms with Gasteiger partial charge in [-0.25, -0.2) is 9.59 Å². The minimum absolute atomic E-state index is 0.00855. The predicted octanol–water partition coefficient (Wildman–Crippen LogP) is 3.19. The molecule has 2 aromatic carbocycles. The number of ether oxygens (including phenoxy) is 2. The number of nitriles is 1.